The van der Waals surface area contributed by atoms with Crippen LogP contribution in [0.1, 0.15) is 0 Å². The molecule has 0 unspecified atom stereocenters. The van der Waals surface area contributed by atoms with Gasteiger partial charge in [-0.15, -0.1) is 0 Å². The molecule has 4 nitrogen and oxygen atoms in total. The van der Waals surface area contributed by atoms with E-state index in [1.165, 1.54) is 6.20 Å². The first kappa shape index (κ1) is 11.7. The van der Waals surface area contributed by atoms with E-state index in [1.54, 1.807) is 18.3 Å². The number of carbonyl (C=O) groups excluding carboxylic acids is 1. The molecule has 92 valence electrons. The monoisotopic (exact) mass is 246 g/mol. The predicted molar refractivity (Wildman–Crippen MR) is 51.3 cm³/mol. The molecule has 2 rings (SSSR count). The van der Waals surface area contributed by atoms with Gasteiger partial charge in [0.2, 0.25) is 0 Å². The fourth-order valence-corrected chi connectivity index (χ4v) is 1.47. The molecule has 0 radical (unpaired) electrons. The molecule has 1 aromatic heterocycles. The molecule has 1 aliphatic heterocycles. The van der Waals surface area contributed by atoms with E-state index in [0.29, 0.717) is 10.6 Å². The van der Waals surface area contributed by atoms with Gasteiger partial charge in [-0.2, -0.15) is 13.2 Å². The lowest BCUT2D eigenvalue weighted by atomic mass is 10.1. The first-order valence-corrected chi connectivity index (χ1v) is 4.89. The number of hydrogen-bond acceptors (Lipinski definition) is 3. The summed E-state index contributed by atoms with van der Waals surface area (Å²) in [6.45, 7) is -0.0968. The van der Waals surface area contributed by atoms with Gasteiger partial charge in [-0.25, -0.2) is 0 Å². The second-order valence-electron chi connectivity index (χ2n) is 3.64. The van der Waals surface area contributed by atoms with Crippen molar-refractivity contribution in [1.29, 1.82) is 0 Å². The number of carbonyl (C=O) groups is 1. The van der Waals surface area contributed by atoms with Crippen LogP contribution in [0.2, 0.25) is 0 Å². The third-order valence-electron chi connectivity index (χ3n) is 2.31. The van der Waals surface area contributed by atoms with Crippen molar-refractivity contribution in [2.75, 3.05) is 13.1 Å². The maximum absolute atomic E-state index is 12.0. The van der Waals surface area contributed by atoms with E-state index in [1.807, 2.05) is 0 Å². The molecule has 0 aromatic carbocycles. The molecule has 0 aliphatic carbocycles. The van der Waals surface area contributed by atoms with E-state index in [-0.39, 0.29) is 13.1 Å². The van der Waals surface area contributed by atoms with Crippen LogP contribution in [0.15, 0.2) is 24.5 Å². The SMILES string of the molecule is O=C(N1CC(Oc2cccnc2)C1)C(F)(F)F. The van der Waals surface area contributed by atoms with Crippen LogP contribution >= 0.6 is 0 Å². The smallest absolute Gasteiger partial charge is 0.471 e. The zero-order valence-electron chi connectivity index (χ0n) is 8.65. The summed E-state index contributed by atoms with van der Waals surface area (Å²) in [6.07, 6.45) is -2.17. The number of alkyl halides is 3. The van der Waals surface area contributed by atoms with Gasteiger partial charge in [0.1, 0.15) is 11.9 Å². The molecule has 0 saturated carbocycles. The summed E-state index contributed by atoms with van der Waals surface area (Å²) in [5.74, 6) is -1.33. The van der Waals surface area contributed by atoms with Crippen LogP contribution in [0.4, 0.5) is 13.2 Å². The minimum atomic E-state index is -4.81. The van der Waals surface area contributed by atoms with Crippen LogP contribution in [0, 0.1) is 0 Å². The largest absolute Gasteiger partial charge is 0.485 e. The summed E-state index contributed by atoms with van der Waals surface area (Å²) < 4.78 is 41.4. The average Bonchev–Trinajstić information content (AvgIpc) is 2.22. The molecule has 7 heteroatoms. The average molecular weight is 246 g/mol. The van der Waals surface area contributed by atoms with E-state index in [4.69, 9.17) is 4.74 Å². The maximum atomic E-state index is 12.0. The highest BCUT2D eigenvalue weighted by Crippen LogP contribution is 2.24. The Balaban J connectivity index is 1.82. The number of likely N-dealkylation sites (tertiary alicyclic amines) is 1. The fourth-order valence-electron chi connectivity index (χ4n) is 1.47. The van der Waals surface area contributed by atoms with E-state index in [2.05, 4.69) is 4.98 Å². The molecule has 1 fully saturated rings. The number of nitrogens with zero attached hydrogens (tertiary/aromatic N) is 2. The van der Waals surface area contributed by atoms with Gasteiger partial charge in [0.15, 0.2) is 0 Å². The van der Waals surface area contributed by atoms with Crippen molar-refractivity contribution >= 4 is 5.91 Å². The Bertz CT molecular complexity index is 402. The van der Waals surface area contributed by atoms with Crippen molar-refractivity contribution < 1.29 is 22.7 Å². The van der Waals surface area contributed by atoms with E-state index < -0.39 is 18.2 Å². The minimum Gasteiger partial charge on any atom is -0.485 e. The summed E-state index contributed by atoms with van der Waals surface area (Å²) in [5, 5.41) is 0. The maximum Gasteiger partial charge on any atom is 0.471 e. The van der Waals surface area contributed by atoms with E-state index >= 15 is 0 Å². The van der Waals surface area contributed by atoms with Crippen LogP contribution in [-0.2, 0) is 4.79 Å². The van der Waals surface area contributed by atoms with Gasteiger partial charge in [-0.1, -0.05) is 0 Å². The Morgan fingerprint density at radius 1 is 1.47 bits per heavy atom. The van der Waals surface area contributed by atoms with Crippen molar-refractivity contribution in [3.8, 4) is 5.75 Å². The molecule has 0 bridgehead atoms. The Morgan fingerprint density at radius 3 is 2.71 bits per heavy atom. The molecule has 1 aliphatic rings. The highest BCUT2D eigenvalue weighted by atomic mass is 19.4. The summed E-state index contributed by atoms with van der Waals surface area (Å²) in [5.41, 5.74) is 0. The summed E-state index contributed by atoms with van der Waals surface area (Å²) >= 11 is 0. The van der Waals surface area contributed by atoms with Crippen LogP contribution < -0.4 is 4.74 Å². The van der Waals surface area contributed by atoms with Crippen molar-refractivity contribution in [2.45, 2.75) is 12.3 Å². The van der Waals surface area contributed by atoms with E-state index in [9.17, 15) is 18.0 Å². The summed E-state index contributed by atoms with van der Waals surface area (Å²) in [6, 6.07) is 3.31. The number of ether oxygens (including phenoxy) is 1. The van der Waals surface area contributed by atoms with Gasteiger partial charge in [-0.05, 0) is 12.1 Å². The molecule has 0 spiro atoms. The third-order valence-corrected chi connectivity index (χ3v) is 2.31. The topological polar surface area (TPSA) is 42.4 Å². The molecular weight excluding hydrogens is 237 g/mol. The first-order chi connectivity index (χ1) is 7.97. The van der Waals surface area contributed by atoms with Crippen molar-refractivity contribution in [2.24, 2.45) is 0 Å². The van der Waals surface area contributed by atoms with Crippen molar-refractivity contribution in [3.63, 3.8) is 0 Å². The molecule has 1 amide bonds. The van der Waals surface area contributed by atoms with Gasteiger partial charge in [-0.3, -0.25) is 9.78 Å². The standard InChI is InChI=1S/C10H9F3N2O2/c11-10(12,13)9(16)15-5-8(6-15)17-7-2-1-3-14-4-7/h1-4,8H,5-6H2. The summed E-state index contributed by atoms with van der Waals surface area (Å²) in [7, 11) is 0. The van der Waals surface area contributed by atoms with Gasteiger partial charge in [0.05, 0.1) is 19.3 Å². The predicted octanol–water partition coefficient (Wildman–Crippen LogP) is 1.23. The number of amides is 1. The van der Waals surface area contributed by atoms with Crippen LogP contribution in [0.5, 0.6) is 5.75 Å². The Morgan fingerprint density at radius 2 is 2.18 bits per heavy atom. The molecule has 0 N–H and O–H groups in total. The lowest BCUT2D eigenvalue weighted by molar-refractivity contribution is -0.193. The first-order valence-electron chi connectivity index (χ1n) is 4.89. The van der Waals surface area contributed by atoms with Gasteiger partial charge < -0.3 is 9.64 Å². The molecule has 1 aromatic rings. The second-order valence-corrected chi connectivity index (χ2v) is 3.64. The molecule has 1 saturated heterocycles. The van der Waals surface area contributed by atoms with Gasteiger partial charge in [0.25, 0.3) is 0 Å². The lowest BCUT2D eigenvalue weighted by Crippen LogP contribution is -2.59. The minimum absolute atomic E-state index is 0.0484. The van der Waals surface area contributed by atoms with Crippen LogP contribution in [-0.4, -0.2) is 41.2 Å². The second kappa shape index (κ2) is 4.23. The van der Waals surface area contributed by atoms with Gasteiger partial charge in [0, 0.05) is 6.20 Å². The number of pyridine rings is 1. The molecule has 0 atom stereocenters. The Hall–Kier alpha value is -1.79. The van der Waals surface area contributed by atoms with Crippen molar-refractivity contribution in [3.05, 3.63) is 24.5 Å². The zero-order valence-corrected chi connectivity index (χ0v) is 8.65. The van der Waals surface area contributed by atoms with E-state index in [0.717, 1.165) is 0 Å². The molecular formula is C10H9F3N2O2. The highest BCUT2D eigenvalue weighted by molar-refractivity contribution is 5.82. The quantitative estimate of drug-likeness (QED) is 0.788. The molecule has 2 heterocycles. The zero-order chi connectivity index (χ0) is 12.5. The third kappa shape index (κ3) is 2.66. The van der Waals surface area contributed by atoms with Crippen LogP contribution in [0.25, 0.3) is 0 Å². The summed E-state index contributed by atoms with van der Waals surface area (Å²) in [4.78, 5) is 15.3. The number of hydrogen-bond donors (Lipinski definition) is 0. The van der Waals surface area contributed by atoms with Gasteiger partial charge >= 0.3 is 12.1 Å². The van der Waals surface area contributed by atoms with Crippen LogP contribution in [0.3, 0.4) is 0 Å². The number of rotatable bonds is 2. The lowest BCUT2D eigenvalue weighted by Gasteiger charge is -2.38. The normalized spacial score (nSPS) is 16.5. The molecule has 17 heavy (non-hydrogen) atoms. The number of halogens is 3. The Labute approximate surface area is 95.0 Å². The van der Waals surface area contributed by atoms with Crippen molar-refractivity contribution in [1.82, 2.24) is 9.88 Å². The fraction of sp³-hybridized carbons (Fsp3) is 0.400. The Kier molecular flexibility index (Phi) is 2.91. The highest BCUT2D eigenvalue weighted by Gasteiger charge is 2.47. The number of aromatic nitrogens is 1.